The zero-order valence-corrected chi connectivity index (χ0v) is 17.3. The maximum Gasteiger partial charge on any atom is 0.243 e. The third-order valence-corrected chi connectivity index (χ3v) is 4.65. The van der Waals surface area contributed by atoms with Crippen molar-refractivity contribution < 1.29 is 18.4 Å². The van der Waals surface area contributed by atoms with Gasteiger partial charge in [-0.15, -0.1) is 0 Å². The van der Waals surface area contributed by atoms with Gasteiger partial charge in [-0.1, -0.05) is 15.9 Å². The predicted octanol–water partition coefficient (Wildman–Crippen LogP) is 4.24. The van der Waals surface area contributed by atoms with Crippen LogP contribution in [0.25, 0.3) is 11.3 Å². The van der Waals surface area contributed by atoms with Crippen molar-refractivity contribution in [1.29, 1.82) is 0 Å². The maximum absolute atomic E-state index is 13.0. The fourth-order valence-electron chi connectivity index (χ4n) is 2.62. The molecule has 0 radical (unpaired) electrons. The number of hydrogen-bond donors (Lipinski definition) is 2. The summed E-state index contributed by atoms with van der Waals surface area (Å²) in [6.45, 7) is 1.76. The van der Waals surface area contributed by atoms with Crippen LogP contribution in [0.15, 0.2) is 57.6 Å². The zero-order chi connectivity index (χ0) is 20.8. The Hall–Kier alpha value is -3.00. The lowest BCUT2D eigenvalue weighted by Crippen LogP contribution is -2.33. The Balaban J connectivity index is 1.44. The number of anilines is 1. The lowest BCUT2D eigenvalue weighted by molar-refractivity contribution is -0.124. The van der Waals surface area contributed by atoms with Gasteiger partial charge in [0.05, 0.1) is 12.7 Å². The van der Waals surface area contributed by atoms with Crippen LogP contribution >= 0.6 is 15.9 Å². The van der Waals surface area contributed by atoms with E-state index >= 15 is 0 Å². The fraction of sp³-hybridized carbons (Fsp3) is 0.190. The molecule has 0 bridgehead atoms. The highest BCUT2D eigenvalue weighted by atomic mass is 79.9. The number of nitrogens with zero attached hydrogens (tertiary/aromatic N) is 1. The second-order valence-electron chi connectivity index (χ2n) is 6.41. The molecule has 2 N–H and O–H groups in total. The monoisotopic (exact) mass is 459 g/mol. The van der Waals surface area contributed by atoms with Crippen molar-refractivity contribution in [2.45, 2.75) is 19.8 Å². The van der Waals surface area contributed by atoms with Gasteiger partial charge in [0.1, 0.15) is 5.82 Å². The first kappa shape index (κ1) is 20.7. The van der Waals surface area contributed by atoms with Crippen LogP contribution < -0.4 is 10.6 Å². The van der Waals surface area contributed by atoms with Gasteiger partial charge in [0, 0.05) is 28.6 Å². The van der Waals surface area contributed by atoms with Crippen molar-refractivity contribution in [2.75, 3.05) is 11.9 Å². The van der Waals surface area contributed by atoms with E-state index in [2.05, 4.69) is 31.5 Å². The van der Waals surface area contributed by atoms with Gasteiger partial charge >= 0.3 is 0 Å². The Morgan fingerprint density at radius 2 is 1.90 bits per heavy atom. The molecule has 0 aliphatic heterocycles. The van der Waals surface area contributed by atoms with E-state index in [0.29, 0.717) is 29.3 Å². The van der Waals surface area contributed by atoms with Gasteiger partial charge in [-0.25, -0.2) is 9.37 Å². The minimum atomic E-state index is -0.329. The second kappa shape index (κ2) is 9.47. The maximum atomic E-state index is 13.0. The normalized spacial score (nSPS) is 10.6. The molecule has 29 heavy (non-hydrogen) atoms. The zero-order valence-electron chi connectivity index (χ0n) is 15.7. The molecule has 2 amide bonds. The van der Waals surface area contributed by atoms with Crippen molar-refractivity contribution in [2.24, 2.45) is 0 Å². The van der Waals surface area contributed by atoms with E-state index in [0.717, 1.165) is 10.0 Å². The average Bonchev–Trinajstić information content (AvgIpc) is 3.16. The number of carbonyl (C=O) groups is 2. The summed E-state index contributed by atoms with van der Waals surface area (Å²) in [6.07, 6.45) is 1.96. The van der Waals surface area contributed by atoms with Crippen LogP contribution in [0, 0.1) is 12.7 Å². The van der Waals surface area contributed by atoms with Crippen molar-refractivity contribution in [3.63, 3.8) is 0 Å². The molecule has 2 aromatic carbocycles. The molecule has 0 aliphatic rings. The SMILES string of the molecule is Cc1cc(Br)ccc1NC(=O)CNC(=O)CCc1ncc(-c2ccc(F)cc2)o1. The Bertz CT molecular complexity index is 1020. The van der Waals surface area contributed by atoms with Gasteiger partial charge in [-0.2, -0.15) is 0 Å². The van der Waals surface area contributed by atoms with Crippen molar-refractivity contribution in [3.05, 3.63) is 70.4 Å². The number of aromatic nitrogens is 1. The minimum Gasteiger partial charge on any atom is -0.441 e. The van der Waals surface area contributed by atoms with E-state index in [9.17, 15) is 14.0 Å². The highest BCUT2D eigenvalue weighted by molar-refractivity contribution is 9.10. The van der Waals surface area contributed by atoms with Gasteiger partial charge < -0.3 is 15.1 Å². The highest BCUT2D eigenvalue weighted by Crippen LogP contribution is 2.21. The molecular weight excluding hydrogens is 441 g/mol. The Kier molecular flexibility index (Phi) is 6.77. The summed E-state index contributed by atoms with van der Waals surface area (Å²) in [5.74, 6) is -0.0174. The van der Waals surface area contributed by atoms with Crippen LogP contribution in [-0.4, -0.2) is 23.3 Å². The van der Waals surface area contributed by atoms with E-state index < -0.39 is 0 Å². The molecule has 0 atom stereocenters. The molecule has 0 saturated heterocycles. The number of amides is 2. The summed E-state index contributed by atoms with van der Waals surface area (Å²) >= 11 is 3.37. The number of nitrogens with one attached hydrogen (secondary N) is 2. The average molecular weight is 460 g/mol. The molecule has 8 heteroatoms. The van der Waals surface area contributed by atoms with Gasteiger partial charge in [-0.3, -0.25) is 9.59 Å². The lowest BCUT2D eigenvalue weighted by Gasteiger charge is -2.09. The Labute approximate surface area is 175 Å². The first-order valence-electron chi connectivity index (χ1n) is 8.94. The van der Waals surface area contributed by atoms with E-state index in [-0.39, 0.29) is 30.6 Å². The van der Waals surface area contributed by atoms with Crippen molar-refractivity contribution in [1.82, 2.24) is 10.3 Å². The number of benzene rings is 2. The molecule has 0 aliphatic carbocycles. The Morgan fingerprint density at radius 3 is 2.62 bits per heavy atom. The third-order valence-electron chi connectivity index (χ3n) is 4.16. The molecule has 3 rings (SSSR count). The molecule has 1 aromatic heterocycles. The minimum absolute atomic E-state index is 0.124. The second-order valence-corrected chi connectivity index (χ2v) is 7.32. The van der Waals surface area contributed by atoms with Crippen LogP contribution in [0.2, 0.25) is 0 Å². The summed E-state index contributed by atoms with van der Waals surface area (Å²) in [7, 11) is 0. The topological polar surface area (TPSA) is 84.2 Å². The van der Waals surface area contributed by atoms with Crippen molar-refractivity contribution >= 4 is 33.4 Å². The van der Waals surface area contributed by atoms with Crippen LogP contribution in [0.1, 0.15) is 17.9 Å². The third kappa shape index (κ3) is 5.99. The molecule has 0 fully saturated rings. The van der Waals surface area contributed by atoms with E-state index in [1.165, 1.54) is 18.3 Å². The molecule has 6 nitrogen and oxygen atoms in total. The van der Waals surface area contributed by atoms with Crippen molar-refractivity contribution in [3.8, 4) is 11.3 Å². The predicted molar refractivity (Wildman–Crippen MR) is 111 cm³/mol. The van der Waals surface area contributed by atoms with Gasteiger partial charge in [0.2, 0.25) is 11.8 Å². The summed E-state index contributed by atoms with van der Waals surface area (Å²) in [6, 6.07) is 11.4. The van der Waals surface area contributed by atoms with Gasteiger partial charge in [-0.05, 0) is 55.0 Å². The first-order chi connectivity index (χ1) is 13.9. The molecular formula is C21H19BrFN3O3. The van der Waals surface area contributed by atoms with Crippen LogP contribution in [0.4, 0.5) is 10.1 Å². The van der Waals surface area contributed by atoms with E-state index in [1.54, 1.807) is 18.2 Å². The quantitative estimate of drug-likeness (QED) is 0.553. The number of hydrogen-bond acceptors (Lipinski definition) is 4. The Morgan fingerprint density at radius 1 is 1.14 bits per heavy atom. The molecule has 150 valence electrons. The number of halogens is 2. The summed E-state index contributed by atoms with van der Waals surface area (Å²) < 4.78 is 19.5. The molecule has 3 aromatic rings. The fourth-order valence-corrected chi connectivity index (χ4v) is 3.10. The highest BCUT2D eigenvalue weighted by Gasteiger charge is 2.11. The van der Waals surface area contributed by atoms with Gasteiger partial charge in [0.15, 0.2) is 11.7 Å². The molecule has 0 saturated carbocycles. The smallest absolute Gasteiger partial charge is 0.243 e. The largest absolute Gasteiger partial charge is 0.441 e. The number of oxazole rings is 1. The summed E-state index contributed by atoms with van der Waals surface area (Å²) in [5, 5.41) is 5.34. The molecule has 0 unspecified atom stereocenters. The standard InChI is InChI=1S/C21H19BrFN3O3/c1-13-10-15(22)4-7-17(13)26-20(28)12-24-19(27)8-9-21-25-11-18(29-21)14-2-5-16(23)6-3-14/h2-7,10-11H,8-9,12H2,1H3,(H,24,27)(H,26,28). The molecule has 0 spiro atoms. The van der Waals surface area contributed by atoms with Gasteiger partial charge in [0.25, 0.3) is 0 Å². The number of aryl methyl sites for hydroxylation is 2. The lowest BCUT2D eigenvalue weighted by atomic mass is 10.2. The van der Waals surface area contributed by atoms with Crippen LogP contribution in [0.3, 0.4) is 0 Å². The summed E-state index contributed by atoms with van der Waals surface area (Å²) in [5.41, 5.74) is 2.31. The van der Waals surface area contributed by atoms with E-state index in [4.69, 9.17) is 4.42 Å². The first-order valence-corrected chi connectivity index (χ1v) is 9.73. The number of rotatable bonds is 7. The van der Waals surface area contributed by atoms with E-state index in [1.807, 2.05) is 19.1 Å². The molecule has 1 heterocycles. The number of carbonyl (C=O) groups excluding carboxylic acids is 2. The van der Waals surface area contributed by atoms with Crippen LogP contribution in [0.5, 0.6) is 0 Å². The van der Waals surface area contributed by atoms with Crippen LogP contribution in [-0.2, 0) is 16.0 Å². The summed E-state index contributed by atoms with van der Waals surface area (Å²) in [4.78, 5) is 28.1.